The molecule has 4 rings (SSSR count). The molecule has 0 saturated heterocycles. The fourth-order valence-corrected chi connectivity index (χ4v) is 3.71. The lowest BCUT2D eigenvalue weighted by atomic mass is 9.82. The molecule has 0 saturated carbocycles. The van der Waals surface area contributed by atoms with Crippen LogP contribution in [-0.4, -0.2) is 24.1 Å². The first-order chi connectivity index (χ1) is 14.0. The van der Waals surface area contributed by atoms with Crippen molar-refractivity contribution in [3.63, 3.8) is 0 Å². The Morgan fingerprint density at radius 2 is 1.66 bits per heavy atom. The Labute approximate surface area is 169 Å². The van der Waals surface area contributed by atoms with Gasteiger partial charge in [-0.15, -0.1) is 0 Å². The second-order valence-electron chi connectivity index (χ2n) is 7.13. The number of nitrogens with zero attached hydrogens (tertiary/aromatic N) is 1. The molecule has 29 heavy (non-hydrogen) atoms. The fourth-order valence-electron chi connectivity index (χ4n) is 3.71. The van der Waals surface area contributed by atoms with Gasteiger partial charge in [0.1, 0.15) is 11.6 Å². The lowest BCUT2D eigenvalue weighted by Crippen LogP contribution is -2.28. The average molecular weight is 387 g/mol. The van der Waals surface area contributed by atoms with Crippen LogP contribution in [-0.2, 0) is 4.79 Å². The van der Waals surface area contributed by atoms with Crippen LogP contribution in [0.5, 0.6) is 5.75 Å². The zero-order chi connectivity index (χ0) is 20.4. The van der Waals surface area contributed by atoms with Crippen molar-refractivity contribution in [3.8, 4) is 16.9 Å². The van der Waals surface area contributed by atoms with Gasteiger partial charge in [0, 0.05) is 11.5 Å². The Morgan fingerprint density at radius 1 is 1.03 bits per heavy atom. The van der Waals surface area contributed by atoms with Crippen molar-refractivity contribution in [2.75, 3.05) is 6.61 Å². The summed E-state index contributed by atoms with van der Waals surface area (Å²) in [4.78, 5) is 16.9. The van der Waals surface area contributed by atoms with E-state index in [4.69, 9.17) is 9.73 Å². The number of dihydropyridines is 1. The van der Waals surface area contributed by atoms with Crippen molar-refractivity contribution >= 4 is 11.5 Å². The average Bonchev–Trinajstić information content (AvgIpc) is 2.74. The van der Waals surface area contributed by atoms with Crippen molar-refractivity contribution in [2.24, 2.45) is 10.9 Å². The number of halogens is 1. The van der Waals surface area contributed by atoms with Gasteiger partial charge < -0.3 is 4.74 Å². The number of rotatable bonds is 5. The molecule has 146 valence electrons. The highest BCUT2D eigenvalue weighted by Gasteiger charge is 2.30. The van der Waals surface area contributed by atoms with E-state index in [1.165, 1.54) is 19.1 Å². The Kier molecular flexibility index (Phi) is 5.26. The summed E-state index contributed by atoms with van der Waals surface area (Å²) in [7, 11) is 0. The minimum absolute atomic E-state index is 0.0576. The van der Waals surface area contributed by atoms with E-state index in [2.05, 4.69) is 0 Å². The van der Waals surface area contributed by atoms with E-state index in [1.54, 1.807) is 12.2 Å². The highest BCUT2D eigenvalue weighted by Crippen LogP contribution is 2.32. The van der Waals surface area contributed by atoms with Gasteiger partial charge in [0.2, 0.25) is 0 Å². The largest absolute Gasteiger partial charge is 0.494 e. The number of carbonyl (C=O) groups is 1. The number of aliphatic imine (C=N–C) groups is 1. The van der Waals surface area contributed by atoms with E-state index < -0.39 is 0 Å². The van der Waals surface area contributed by atoms with Gasteiger partial charge in [-0.25, -0.2) is 4.39 Å². The number of hydrogen-bond acceptors (Lipinski definition) is 3. The Hall–Kier alpha value is -3.27. The number of fused-ring (bicyclic) bond motifs is 1. The van der Waals surface area contributed by atoms with Crippen LogP contribution < -0.4 is 4.74 Å². The lowest BCUT2D eigenvalue weighted by Gasteiger charge is -2.27. The predicted molar refractivity (Wildman–Crippen MR) is 114 cm³/mol. The van der Waals surface area contributed by atoms with Crippen LogP contribution in [0.2, 0.25) is 0 Å². The number of ketones is 1. The maximum atomic E-state index is 13.7. The summed E-state index contributed by atoms with van der Waals surface area (Å²) >= 11 is 0. The number of Topliss-reactive ketones (excluding diaryl/α,β-unsaturated/α-hetero) is 1. The minimum atomic E-state index is -0.329. The maximum Gasteiger partial charge on any atom is 0.156 e. The number of benzene rings is 2. The van der Waals surface area contributed by atoms with E-state index in [0.717, 1.165) is 28.2 Å². The number of ether oxygens (including phenoxy) is 1. The molecule has 2 aromatic rings. The third-order valence-electron chi connectivity index (χ3n) is 5.18. The van der Waals surface area contributed by atoms with Gasteiger partial charge in [0.25, 0.3) is 0 Å². The molecule has 0 radical (unpaired) electrons. The molecular weight excluding hydrogens is 365 g/mol. The SMILES string of the molecule is CCOc1ccc(-c2ccc(C3=NC4C=CC(F)=CC4C(C(C)=O)=C3)cc2)cc1. The van der Waals surface area contributed by atoms with Gasteiger partial charge in [-0.1, -0.05) is 42.5 Å². The first-order valence-electron chi connectivity index (χ1n) is 9.74. The Bertz CT molecular complexity index is 1040. The maximum absolute atomic E-state index is 13.7. The van der Waals surface area contributed by atoms with Gasteiger partial charge in [0.05, 0.1) is 18.4 Å². The van der Waals surface area contributed by atoms with Crippen molar-refractivity contribution in [3.05, 3.63) is 89.8 Å². The molecule has 0 spiro atoms. The monoisotopic (exact) mass is 387 g/mol. The van der Waals surface area contributed by atoms with E-state index in [0.29, 0.717) is 12.2 Å². The molecule has 0 aromatic heterocycles. The molecule has 3 nitrogen and oxygen atoms in total. The summed E-state index contributed by atoms with van der Waals surface area (Å²) in [6, 6.07) is 15.8. The van der Waals surface area contributed by atoms with Crippen LogP contribution in [0.1, 0.15) is 19.4 Å². The highest BCUT2D eigenvalue weighted by molar-refractivity contribution is 6.14. The van der Waals surface area contributed by atoms with Crippen LogP contribution in [0.15, 0.2) is 89.2 Å². The third kappa shape index (κ3) is 3.97. The number of hydrogen-bond donors (Lipinski definition) is 0. The molecule has 1 aliphatic carbocycles. The first-order valence-corrected chi connectivity index (χ1v) is 9.74. The number of carbonyl (C=O) groups excluding carboxylic acids is 1. The zero-order valence-corrected chi connectivity index (χ0v) is 16.4. The smallest absolute Gasteiger partial charge is 0.156 e. The fraction of sp³-hybridized carbons (Fsp3) is 0.200. The number of allylic oxidation sites excluding steroid dienone is 3. The van der Waals surface area contributed by atoms with Crippen LogP contribution in [0.3, 0.4) is 0 Å². The molecule has 0 fully saturated rings. The molecule has 0 N–H and O–H groups in total. The van der Waals surface area contributed by atoms with E-state index in [-0.39, 0.29) is 23.6 Å². The normalized spacial score (nSPS) is 20.3. The molecule has 4 heteroatoms. The second-order valence-corrected chi connectivity index (χ2v) is 7.13. The van der Waals surface area contributed by atoms with E-state index in [1.807, 2.05) is 55.5 Å². The molecule has 1 heterocycles. The van der Waals surface area contributed by atoms with Gasteiger partial charge in [0.15, 0.2) is 5.78 Å². The molecule has 0 bridgehead atoms. The summed E-state index contributed by atoms with van der Waals surface area (Å²) in [5.74, 6) is 0.144. The zero-order valence-electron chi connectivity index (χ0n) is 16.4. The van der Waals surface area contributed by atoms with Gasteiger partial charge in [-0.05, 0) is 60.9 Å². The Morgan fingerprint density at radius 3 is 2.28 bits per heavy atom. The van der Waals surface area contributed by atoms with Gasteiger partial charge >= 0.3 is 0 Å². The molecule has 2 atom stereocenters. The molecule has 0 amide bonds. The van der Waals surface area contributed by atoms with E-state index in [9.17, 15) is 9.18 Å². The van der Waals surface area contributed by atoms with Gasteiger partial charge in [-0.3, -0.25) is 9.79 Å². The Balaban J connectivity index is 1.62. The topological polar surface area (TPSA) is 38.7 Å². The predicted octanol–water partition coefficient (Wildman–Crippen LogP) is 5.48. The molecule has 2 aliphatic rings. The summed E-state index contributed by atoms with van der Waals surface area (Å²) in [6.07, 6.45) is 6.41. The van der Waals surface area contributed by atoms with Crippen molar-refractivity contribution in [2.45, 2.75) is 19.9 Å². The second kappa shape index (κ2) is 8.00. The van der Waals surface area contributed by atoms with Crippen LogP contribution in [0.25, 0.3) is 11.1 Å². The third-order valence-corrected chi connectivity index (χ3v) is 5.18. The van der Waals surface area contributed by atoms with Crippen LogP contribution >= 0.6 is 0 Å². The van der Waals surface area contributed by atoms with Gasteiger partial charge in [-0.2, -0.15) is 0 Å². The van der Waals surface area contributed by atoms with Crippen LogP contribution in [0.4, 0.5) is 4.39 Å². The van der Waals surface area contributed by atoms with Crippen molar-refractivity contribution < 1.29 is 13.9 Å². The van der Waals surface area contributed by atoms with E-state index >= 15 is 0 Å². The minimum Gasteiger partial charge on any atom is -0.494 e. The summed E-state index contributed by atoms with van der Waals surface area (Å²) < 4.78 is 19.2. The molecular formula is C25H22FNO2. The highest BCUT2D eigenvalue weighted by atomic mass is 19.1. The van der Waals surface area contributed by atoms with Crippen molar-refractivity contribution in [1.29, 1.82) is 0 Å². The molecule has 2 unspecified atom stereocenters. The summed E-state index contributed by atoms with van der Waals surface area (Å²) in [5, 5.41) is 0. The lowest BCUT2D eigenvalue weighted by molar-refractivity contribution is -0.114. The molecule has 2 aromatic carbocycles. The summed E-state index contributed by atoms with van der Waals surface area (Å²) in [6.45, 7) is 4.13. The van der Waals surface area contributed by atoms with Crippen LogP contribution in [0, 0.1) is 5.92 Å². The van der Waals surface area contributed by atoms with Crippen molar-refractivity contribution in [1.82, 2.24) is 0 Å². The quantitative estimate of drug-likeness (QED) is 0.682. The standard InChI is InChI=1S/C25H22FNO2/c1-3-29-21-11-8-18(9-12-21)17-4-6-19(7-5-17)25-15-22(16(2)28)23-14-20(26)10-13-24(23)27-25/h4-15,23-24H,3H2,1-2H3. The summed E-state index contributed by atoms with van der Waals surface area (Å²) in [5.41, 5.74) is 4.45. The first kappa shape index (κ1) is 19.1. The molecule has 1 aliphatic heterocycles.